The monoisotopic (exact) mass is 933 g/mol. The molecule has 66 heavy (non-hydrogen) atoms. The summed E-state index contributed by atoms with van der Waals surface area (Å²) in [5, 5.41) is 0. The van der Waals surface area contributed by atoms with E-state index in [0.717, 1.165) is 75.5 Å². The van der Waals surface area contributed by atoms with Gasteiger partial charge in [0.1, 0.15) is 13.2 Å². The Labute approximate surface area is 412 Å². The predicted octanol–water partition coefficient (Wildman–Crippen LogP) is 19.5. The molecule has 0 rings (SSSR count). The van der Waals surface area contributed by atoms with Gasteiger partial charge >= 0.3 is 17.9 Å². The molecule has 0 aliphatic rings. The van der Waals surface area contributed by atoms with Crippen molar-refractivity contribution >= 4 is 17.9 Å². The summed E-state index contributed by atoms with van der Waals surface area (Å²) >= 11 is 0. The van der Waals surface area contributed by atoms with Crippen LogP contribution in [0.25, 0.3) is 0 Å². The van der Waals surface area contributed by atoms with Crippen molar-refractivity contribution < 1.29 is 28.6 Å². The first-order valence-corrected chi connectivity index (χ1v) is 29.6. The predicted molar refractivity (Wildman–Crippen MR) is 284 cm³/mol. The first-order chi connectivity index (χ1) is 32.1. The Morgan fingerprint density at radius 3 is 0.652 bits per heavy atom. The molecule has 0 N–H and O–H groups in total. The molecular formula is C60H116O6. The van der Waals surface area contributed by atoms with Crippen LogP contribution >= 0.6 is 0 Å². The Hall–Kier alpha value is -1.59. The lowest BCUT2D eigenvalue weighted by Crippen LogP contribution is -2.30. The van der Waals surface area contributed by atoms with Crippen molar-refractivity contribution in [3.8, 4) is 0 Å². The van der Waals surface area contributed by atoms with Gasteiger partial charge in [-0.05, 0) is 37.0 Å². The molecule has 0 aliphatic heterocycles. The molecule has 0 fully saturated rings. The Morgan fingerprint density at radius 2 is 0.439 bits per heavy atom. The maximum Gasteiger partial charge on any atom is 0.306 e. The smallest absolute Gasteiger partial charge is 0.306 e. The zero-order valence-corrected chi connectivity index (χ0v) is 45.5. The quantitative estimate of drug-likeness (QED) is 0.0343. The van der Waals surface area contributed by atoms with E-state index in [1.165, 1.54) is 212 Å². The number of carbonyl (C=O) groups excluding carboxylic acids is 3. The van der Waals surface area contributed by atoms with Crippen LogP contribution < -0.4 is 0 Å². The molecule has 0 unspecified atom stereocenters. The van der Waals surface area contributed by atoms with Crippen molar-refractivity contribution in [3.63, 3.8) is 0 Å². The van der Waals surface area contributed by atoms with Crippen molar-refractivity contribution in [1.82, 2.24) is 0 Å². The van der Waals surface area contributed by atoms with E-state index < -0.39 is 6.10 Å². The molecule has 0 heterocycles. The highest BCUT2D eigenvalue weighted by molar-refractivity contribution is 5.71. The molecule has 0 amide bonds. The zero-order chi connectivity index (χ0) is 48.4. The van der Waals surface area contributed by atoms with Crippen molar-refractivity contribution in [2.45, 2.75) is 337 Å². The lowest BCUT2D eigenvalue weighted by atomic mass is 10.0. The molecule has 6 nitrogen and oxygen atoms in total. The minimum Gasteiger partial charge on any atom is -0.462 e. The summed E-state index contributed by atoms with van der Waals surface area (Å²) in [6.45, 7) is 13.7. The van der Waals surface area contributed by atoms with Gasteiger partial charge in [0.2, 0.25) is 0 Å². The van der Waals surface area contributed by atoms with Crippen molar-refractivity contribution in [1.29, 1.82) is 0 Å². The fraction of sp³-hybridized carbons (Fsp3) is 0.950. The molecule has 0 aromatic rings. The minimum atomic E-state index is -0.764. The highest BCUT2D eigenvalue weighted by Crippen LogP contribution is 2.19. The van der Waals surface area contributed by atoms with Crippen molar-refractivity contribution in [3.05, 3.63) is 0 Å². The Balaban J connectivity index is 4.23. The third kappa shape index (κ3) is 53.4. The van der Waals surface area contributed by atoms with Gasteiger partial charge in [0.15, 0.2) is 6.10 Å². The molecule has 1 atom stereocenters. The second-order valence-electron chi connectivity index (χ2n) is 22.1. The Bertz CT molecular complexity index is 1020. The maximum absolute atomic E-state index is 12.9. The lowest BCUT2D eigenvalue weighted by molar-refractivity contribution is -0.167. The molecule has 0 aromatic carbocycles. The summed E-state index contributed by atoms with van der Waals surface area (Å²) in [5.41, 5.74) is 0. The average Bonchev–Trinajstić information content (AvgIpc) is 3.28. The standard InChI is InChI=1S/C60H116O6/c1-54(2)46-40-34-28-23-19-15-11-7-9-13-17-21-25-31-37-43-49-58(61)64-52-57(53-65-59(62)50-44-38-33-27-30-36-42-48-56(5)6)66-60(63)51-45-39-32-26-22-18-14-10-8-12-16-20-24-29-35-41-47-55(3)4/h54-57H,7-53H2,1-6H3/t57-/m1/s1. The number of hydrogen-bond donors (Lipinski definition) is 0. The van der Waals surface area contributed by atoms with Crippen LogP contribution in [0.1, 0.15) is 330 Å². The fourth-order valence-corrected chi connectivity index (χ4v) is 9.18. The second-order valence-corrected chi connectivity index (χ2v) is 22.1. The highest BCUT2D eigenvalue weighted by Gasteiger charge is 2.19. The molecule has 0 saturated carbocycles. The van der Waals surface area contributed by atoms with E-state index >= 15 is 0 Å². The molecule has 0 aliphatic carbocycles. The Kier molecular flexibility index (Phi) is 50.0. The molecule has 0 aromatic heterocycles. The topological polar surface area (TPSA) is 78.9 Å². The van der Waals surface area contributed by atoms with E-state index in [1.807, 2.05) is 0 Å². The van der Waals surface area contributed by atoms with E-state index in [-0.39, 0.29) is 31.1 Å². The van der Waals surface area contributed by atoms with E-state index in [2.05, 4.69) is 41.5 Å². The molecule has 6 heteroatoms. The van der Waals surface area contributed by atoms with Crippen LogP contribution in [0.3, 0.4) is 0 Å². The van der Waals surface area contributed by atoms with Crippen molar-refractivity contribution in [2.75, 3.05) is 13.2 Å². The summed E-state index contributed by atoms with van der Waals surface area (Å²) in [5.74, 6) is 1.64. The van der Waals surface area contributed by atoms with Gasteiger partial charge in [0.05, 0.1) is 0 Å². The number of unbranched alkanes of at least 4 members (excludes halogenated alkanes) is 36. The third-order valence-electron chi connectivity index (χ3n) is 13.6. The third-order valence-corrected chi connectivity index (χ3v) is 13.6. The number of rotatable bonds is 53. The zero-order valence-electron chi connectivity index (χ0n) is 45.5. The van der Waals surface area contributed by atoms with Gasteiger partial charge in [-0.15, -0.1) is 0 Å². The molecule has 0 spiro atoms. The van der Waals surface area contributed by atoms with Crippen LogP contribution in [0.2, 0.25) is 0 Å². The highest BCUT2D eigenvalue weighted by atomic mass is 16.6. The van der Waals surface area contributed by atoms with Gasteiger partial charge in [-0.25, -0.2) is 0 Å². The number of carbonyl (C=O) groups is 3. The average molecular weight is 934 g/mol. The first-order valence-electron chi connectivity index (χ1n) is 29.6. The largest absolute Gasteiger partial charge is 0.462 e. The maximum atomic E-state index is 12.9. The summed E-state index contributed by atoms with van der Waals surface area (Å²) in [4.78, 5) is 38.1. The van der Waals surface area contributed by atoms with Gasteiger partial charge in [-0.3, -0.25) is 14.4 Å². The molecule has 392 valence electrons. The number of esters is 3. The van der Waals surface area contributed by atoms with Gasteiger partial charge < -0.3 is 14.2 Å². The van der Waals surface area contributed by atoms with Crippen LogP contribution in [0.15, 0.2) is 0 Å². The second kappa shape index (κ2) is 51.3. The van der Waals surface area contributed by atoms with Crippen LogP contribution in [-0.2, 0) is 28.6 Å². The SMILES string of the molecule is CC(C)CCCCCCCCCCCCCCCCCCC(=O)OC[C@H](COC(=O)CCCCCCCCCC(C)C)OC(=O)CCCCCCCCCCCCCCCCCCC(C)C. The number of hydrogen-bond acceptors (Lipinski definition) is 6. The van der Waals surface area contributed by atoms with Gasteiger partial charge in [-0.2, -0.15) is 0 Å². The fourth-order valence-electron chi connectivity index (χ4n) is 9.18. The van der Waals surface area contributed by atoms with E-state index in [0.29, 0.717) is 19.3 Å². The van der Waals surface area contributed by atoms with E-state index in [9.17, 15) is 14.4 Å². The van der Waals surface area contributed by atoms with Crippen LogP contribution in [0.4, 0.5) is 0 Å². The van der Waals surface area contributed by atoms with Gasteiger partial charge in [0, 0.05) is 19.3 Å². The minimum absolute atomic E-state index is 0.0638. The van der Waals surface area contributed by atoms with Gasteiger partial charge in [-0.1, -0.05) is 292 Å². The summed E-state index contributed by atoms with van der Waals surface area (Å²) in [6, 6.07) is 0. The van der Waals surface area contributed by atoms with Crippen molar-refractivity contribution in [2.24, 2.45) is 17.8 Å². The number of ether oxygens (including phenoxy) is 3. The summed E-state index contributed by atoms with van der Waals surface area (Å²) < 4.78 is 16.9. The first kappa shape index (κ1) is 64.4. The normalized spacial score (nSPS) is 12.1. The summed E-state index contributed by atoms with van der Waals surface area (Å²) in [7, 11) is 0. The Morgan fingerprint density at radius 1 is 0.258 bits per heavy atom. The van der Waals surface area contributed by atoms with Crippen LogP contribution in [0.5, 0.6) is 0 Å². The van der Waals surface area contributed by atoms with Gasteiger partial charge in [0.25, 0.3) is 0 Å². The molecule has 0 bridgehead atoms. The molecule has 0 saturated heterocycles. The molecular weight excluding hydrogens is 817 g/mol. The molecule has 0 radical (unpaired) electrons. The lowest BCUT2D eigenvalue weighted by Gasteiger charge is -2.18. The van der Waals surface area contributed by atoms with Crippen LogP contribution in [0, 0.1) is 17.8 Å². The summed E-state index contributed by atoms with van der Waals surface area (Å²) in [6.07, 6.45) is 54.0. The van der Waals surface area contributed by atoms with E-state index in [4.69, 9.17) is 14.2 Å². The van der Waals surface area contributed by atoms with E-state index in [1.54, 1.807) is 0 Å². The van der Waals surface area contributed by atoms with Crippen LogP contribution in [-0.4, -0.2) is 37.2 Å².